The quantitative estimate of drug-likeness (QED) is 0.777. The van der Waals surface area contributed by atoms with Crippen molar-refractivity contribution in [1.29, 1.82) is 0 Å². The van der Waals surface area contributed by atoms with Crippen LogP contribution in [0.2, 0.25) is 5.02 Å². The lowest BCUT2D eigenvalue weighted by molar-refractivity contribution is 0.103. The molecule has 0 heterocycles. The monoisotopic (exact) mass is 288 g/mol. The second-order valence-corrected chi connectivity index (χ2v) is 5.38. The highest BCUT2D eigenvalue weighted by Crippen LogP contribution is 2.28. The zero-order valence-corrected chi connectivity index (χ0v) is 12.8. The van der Waals surface area contributed by atoms with E-state index in [0.717, 1.165) is 16.7 Å². The molecule has 0 unspecified atom stereocenters. The molecule has 0 radical (unpaired) electrons. The highest BCUT2D eigenvalue weighted by molar-refractivity contribution is 6.31. The minimum atomic E-state index is -0.0562. The van der Waals surface area contributed by atoms with Crippen molar-refractivity contribution in [2.45, 2.75) is 20.8 Å². The van der Waals surface area contributed by atoms with Gasteiger partial charge in [-0.05, 0) is 55.7 Å². The second-order valence-electron chi connectivity index (χ2n) is 4.95. The Bertz CT molecular complexity index is 675. The summed E-state index contributed by atoms with van der Waals surface area (Å²) in [5, 5.41) is 0.558. The first-order valence-electron chi connectivity index (χ1n) is 6.40. The van der Waals surface area contributed by atoms with Crippen LogP contribution in [0.5, 0.6) is 5.75 Å². The fraction of sp³-hybridized carbons (Fsp3) is 0.235. The van der Waals surface area contributed by atoms with Crippen LogP contribution in [0.15, 0.2) is 30.3 Å². The first-order chi connectivity index (χ1) is 9.43. The normalized spacial score (nSPS) is 10.4. The van der Waals surface area contributed by atoms with E-state index in [9.17, 15) is 4.79 Å². The Balaban J connectivity index is 2.62. The molecule has 104 valence electrons. The van der Waals surface area contributed by atoms with Crippen molar-refractivity contribution in [2.24, 2.45) is 0 Å². The van der Waals surface area contributed by atoms with Crippen molar-refractivity contribution in [2.75, 3.05) is 7.11 Å². The molecule has 0 aliphatic carbocycles. The van der Waals surface area contributed by atoms with E-state index < -0.39 is 0 Å². The lowest BCUT2D eigenvalue weighted by Crippen LogP contribution is -2.08. The molecule has 20 heavy (non-hydrogen) atoms. The van der Waals surface area contributed by atoms with E-state index in [0.29, 0.717) is 21.9 Å². The van der Waals surface area contributed by atoms with E-state index in [-0.39, 0.29) is 5.78 Å². The van der Waals surface area contributed by atoms with Gasteiger partial charge in [0, 0.05) is 10.6 Å². The molecule has 0 N–H and O–H groups in total. The standard InChI is InChI=1S/C17H17ClO2/c1-10-7-12(3)16(15(8-10)20-4)17(19)14-9-13(18)6-5-11(14)2/h5-9H,1-4H3. The van der Waals surface area contributed by atoms with Crippen molar-refractivity contribution in [1.82, 2.24) is 0 Å². The van der Waals surface area contributed by atoms with Crippen LogP contribution in [0.1, 0.15) is 32.6 Å². The molecule has 0 saturated carbocycles. The minimum absolute atomic E-state index is 0.0562. The average molecular weight is 289 g/mol. The lowest BCUT2D eigenvalue weighted by Gasteiger charge is -2.13. The highest BCUT2D eigenvalue weighted by atomic mass is 35.5. The number of halogens is 1. The number of hydrogen-bond donors (Lipinski definition) is 0. The van der Waals surface area contributed by atoms with Gasteiger partial charge in [-0.15, -0.1) is 0 Å². The smallest absolute Gasteiger partial charge is 0.197 e. The van der Waals surface area contributed by atoms with Crippen molar-refractivity contribution in [3.63, 3.8) is 0 Å². The summed E-state index contributed by atoms with van der Waals surface area (Å²) in [5.41, 5.74) is 4.09. The van der Waals surface area contributed by atoms with Crippen LogP contribution in [0, 0.1) is 20.8 Å². The van der Waals surface area contributed by atoms with Gasteiger partial charge in [-0.1, -0.05) is 23.7 Å². The third kappa shape index (κ3) is 2.70. The molecule has 0 aliphatic rings. The van der Waals surface area contributed by atoms with E-state index in [1.807, 2.05) is 39.0 Å². The Hall–Kier alpha value is -1.80. The Morgan fingerprint density at radius 1 is 1.05 bits per heavy atom. The summed E-state index contributed by atoms with van der Waals surface area (Å²) < 4.78 is 5.37. The van der Waals surface area contributed by atoms with Gasteiger partial charge in [0.25, 0.3) is 0 Å². The predicted octanol–water partition coefficient (Wildman–Crippen LogP) is 4.50. The maximum absolute atomic E-state index is 12.8. The summed E-state index contributed by atoms with van der Waals surface area (Å²) in [4.78, 5) is 12.8. The summed E-state index contributed by atoms with van der Waals surface area (Å²) in [5.74, 6) is 0.547. The number of hydrogen-bond acceptors (Lipinski definition) is 2. The third-order valence-electron chi connectivity index (χ3n) is 3.33. The van der Waals surface area contributed by atoms with Crippen molar-refractivity contribution >= 4 is 17.4 Å². The van der Waals surface area contributed by atoms with Crippen LogP contribution in [0.4, 0.5) is 0 Å². The zero-order chi connectivity index (χ0) is 14.9. The van der Waals surface area contributed by atoms with Crippen molar-refractivity contribution < 1.29 is 9.53 Å². The Kier molecular flexibility index (Phi) is 4.15. The molecule has 0 bridgehead atoms. The Labute approximate surface area is 124 Å². The van der Waals surface area contributed by atoms with Crippen LogP contribution >= 0.6 is 11.6 Å². The molecule has 0 spiro atoms. The maximum Gasteiger partial charge on any atom is 0.197 e. The predicted molar refractivity (Wildman–Crippen MR) is 82.1 cm³/mol. The molecule has 2 aromatic rings. The fourth-order valence-electron chi connectivity index (χ4n) is 2.35. The van der Waals surface area contributed by atoms with E-state index >= 15 is 0 Å². The van der Waals surface area contributed by atoms with E-state index in [1.54, 1.807) is 19.2 Å². The van der Waals surface area contributed by atoms with Gasteiger partial charge in [-0.2, -0.15) is 0 Å². The molecule has 0 aromatic heterocycles. The number of rotatable bonds is 3. The van der Waals surface area contributed by atoms with E-state index in [1.165, 1.54) is 0 Å². The number of ketones is 1. The molecule has 0 aliphatic heterocycles. The molecule has 2 nitrogen and oxygen atoms in total. The minimum Gasteiger partial charge on any atom is -0.496 e. The summed E-state index contributed by atoms with van der Waals surface area (Å²) >= 11 is 6.00. The van der Waals surface area contributed by atoms with Gasteiger partial charge in [-0.25, -0.2) is 0 Å². The largest absolute Gasteiger partial charge is 0.496 e. The van der Waals surface area contributed by atoms with Gasteiger partial charge < -0.3 is 4.74 Å². The zero-order valence-electron chi connectivity index (χ0n) is 12.1. The molecular weight excluding hydrogens is 272 g/mol. The van der Waals surface area contributed by atoms with Crippen molar-refractivity contribution in [3.8, 4) is 5.75 Å². The first-order valence-corrected chi connectivity index (χ1v) is 6.78. The van der Waals surface area contributed by atoms with Gasteiger partial charge in [0.1, 0.15) is 5.75 Å². The molecule has 0 saturated heterocycles. The maximum atomic E-state index is 12.8. The number of methoxy groups -OCH3 is 1. The fourth-order valence-corrected chi connectivity index (χ4v) is 2.53. The van der Waals surface area contributed by atoms with Crippen LogP contribution in [-0.4, -0.2) is 12.9 Å². The van der Waals surface area contributed by atoms with Gasteiger partial charge in [0.05, 0.1) is 12.7 Å². The van der Waals surface area contributed by atoms with Crippen LogP contribution in [0.25, 0.3) is 0 Å². The molecule has 2 aromatic carbocycles. The summed E-state index contributed by atoms with van der Waals surface area (Å²) in [6.45, 7) is 5.80. The molecule has 0 amide bonds. The van der Waals surface area contributed by atoms with Gasteiger partial charge >= 0.3 is 0 Å². The molecule has 3 heteroatoms. The Morgan fingerprint density at radius 2 is 1.75 bits per heavy atom. The van der Waals surface area contributed by atoms with Gasteiger partial charge in [0.2, 0.25) is 0 Å². The molecule has 0 atom stereocenters. The lowest BCUT2D eigenvalue weighted by atomic mass is 9.94. The van der Waals surface area contributed by atoms with Crippen LogP contribution in [0.3, 0.4) is 0 Å². The molecular formula is C17H17ClO2. The van der Waals surface area contributed by atoms with Crippen molar-refractivity contribution in [3.05, 3.63) is 63.2 Å². The molecule has 0 fully saturated rings. The first kappa shape index (κ1) is 14.6. The summed E-state index contributed by atoms with van der Waals surface area (Å²) in [6, 6.07) is 9.20. The number of aryl methyl sites for hydroxylation is 3. The topological polar surface area (TPSA) is 26.3 Å². The summed E-state index contributed by atoms with van der Waals surface area (Å²) in [7, 11) is 1.58. The SMILES string of the molecule is COc1cc(C)cc(C)c1C(=O)c1cc(Cl)ccc1C. The number of carbonyl (C=O) groups excluding carboxylic acids is 1. The average Bonchev–Trinajstić information content (AvgIpc) is 2.40. The van der Waals surface area contributed by atoms with Gasteiger partial charge in [0.15, 0.2) is 5.78 Å². The number of carbonyl (C=O) groups is 1. The van der Waals surface area contributed by atoms with E-state index in [4.69, 9.17) is 16.3 Å². The van der Waals surface area contributed by atoms with Crippen LogP contribution in [-0.2, 0) is 0 Å². The Morgan fingerprint density at radius 3 is 2.40 bits per heavy atom. The summed E-state index contributed by atoms with van der Waals surface area (Å²) in [6.07, 6.45) is 0. The number of ether oxygens (including phenoxy) is 1. The van der Waals surface area contributed by atoms with E-state index in [2.05, 4.69) is 0 Å². The molecule has 2 rings (SSSR count). The highest BCUT2D eigenvalue weighted by Gasteiger charge is 2.19. The second kappa shape index (κ2) is 5.68. The number of benzene rings is 2. The van der Waals surface area contributed by atoms with Gasteiger partial charge in [-0.3, -0.25) is 4.79 Å². The third-order valence-corrected chi connectivity index (χ3v) is 3.57. The van der Waals surface area contributed by atoms with Crippen LogP contribution < -0.4 is 4.74 Å².